The zero-order valence-electron chi connectivity index (χ0n) is 18.8. The van der Waals surface area contributed by atoms with Gasteiger partial charge in [0.15, 0.2) is 0 Å². The van der Waals surface area contributed by atoms with E-state index in [1.807, 2.05) is 30.3 Å². The molecule has 0 radical (unpaired) electrons. The van der Waals surface area contributed by atoms with Crippen LogP contribution in [0.25, 0.3) is 16.8 Å². The smallest absolute Gasteiger partial charge is 0.328 e. The second-order valence-corrected chi connectivity index (χ2v) is 8.66. The molecular formula is C25H20N2O7S. The van der Waals surface area contributed by atoms with Crippen molar-refractivity contribution in [3.05, 3.63) is 86.8 Å². The van der Waals surface area contributed by atoms with Gasteiger partial charge in [0.05, 0.1) is 16.9 Å². The summed E-state index contributed by atoms with van der Waals surface area (Å²) in [6, 6.07) is 16.2. The third-order valence-corrected chi connectivity index (χ3v) is 6.36. The van der Waals surface area contributed by atoms with Crippen molar-refractivity contribution in [2.45, 2.75) is 19.6 Å². The molecule has 3 aromatic rings. The summed E-state index contributed by atoms with van der Waals surface area (Å²) in [5.74, 6) is -0.863. The highest BCUT2D eigenvalue weighted by atomic mass is 32.2. The van der Waals surface area contributed by atoms with Gasteiger partial charge in [0.2, 0.25) is 0 Å². The molecule has 35 heavy (non-hydrogen) atoms. The third kappa shape index (κ3) is 4.87. The number of fused-ring (bicyclic) bond motifs is 1. The summed E-state index contributed by atoms with van der Waals surface area (Å²) in [7, 11) is 1.19. The molecule has 1 saturated heterocycles. The number of benzene rings is 3. The minimum Gasteiger partial charge on any atom is -0.488 e. The number of hydrogen-bond acceptors (Lipinski definition) is 8. The molecule has 4 rings (SSSR count). The maximum Gasteiger partial charge on any atom is 0.328 e. The number of carbonyl (C=O) groups excluding carboxylic acids is 3. The van der Waals surface area contributed by atoms with Gasteiger partial charge in [0.1, 0.15) is 18.4 Å². The van der Waals surface area contributed by atoms with Crippen molar-refractivity contribution in [1.82, 2.24) is 4.90 Å². The first kappa shape index (κ1) is 24.0. The Morgan fingerprint density at radius 1 is 1.14 bits per heavy atom. The minimum absolute atomic E-state index is 0.0433. The van der Waals surface area contributed by atoms with Crippen molar-refractivity contribution in [3.8, 4) is 5.75 Å². The van der Waals surface area contributed by atoms with Gasteiger partial charge < -0.3 is 9.47 Å². The van der Waals surface area contributed by atoms with Crippen molar-refractivity contribution in [2.75, 3.05) is 7.11 Å². The number of ether oxygens (including phenoxy) is 2. The molecule has 3 aromatic carbocycles. The molecule has 0 saturated carbocycles. The molecule has 1 aliphatic rings. The van der Waals surface area contributed by atoms with Gasteiger partial charge >= 0.3 is 5.97 Å². The number of carbonyl (C=O) groups is 3. The fraction of sp³-hybridized carbons (Fsp3) is 0.160. The van der Waals surface area contributed by atoms with E-state index in [-0.39, 0.29) is 17.2 Å². The van der Waals surface area contributed by atoms with Crippen LogP contribution < -0.4 is 4.74 Å². The molecule has 9 nitrogen and oxygen atoms in total. The Morgan fingerprint density at radius 2 is 1.91 bits per heavy atom. The average molecular weight is 493 g/mol. The summed E-state index contributed by atoms with van der Waals surface area (Å²) < 4.78 is 10.7. The van der Waals surface area contributed by atoms with Gasteiger partial charge in [-0.1, -0.05) is 42.5 Å². The van der Waals surface area contributed by atoms with Crippen LogP contribution in [0.5, 0.6) is 5.75 Å². The quantitative estimate of drug-likeness (QED) is 0.197. The minimum atomic E-state index is -1.06. The van der Waals surface area contributed by atoms with E-state index in [2.05, 4.69) is 4.74 Å². The lowest BCUT2D eigenvalue weighted by Gasteiger charge is -2.18. The number of hydrogen-bond donors (Lipinski definition) is 0. The Balaban J connectivity index is 1.71. The number of non-ortho nitro benzene ring substituents is 1. The number of esters is 1. The molecule has 0 N–H and O–H groups in total. The molecule has 0 bridgehead atoms. The number of imide groups is 1. The second-order valence-electron chi connectivity index (χ2n) is 7.67. The average Bonchev–Trinajstić information content (AvgIpc) is 3.15. The van der Waals surface area contributed by atoms with E-state index >= 15 is 0 Å². The molecule has 1 fully saturated rings. The van der Waals surface area contributed by atoms with Crippen molar-refractivity contribution in [1.29, 1.82) is 0 Å². The fourth-order valence-corrected chi connectivity index (χ4v) is 4.58. The van der Waals surface area contributed by atoms with E-state index in [1.54, 1.807) is 24.3 Å². The topological polar surface area (TPSA) is 116 Å². The lowest BCUT2D eigenvalue weighted by molar-refractivity contribution is -0.384. The second kappa shape index (κ2) is 9.98. The molecule has 0 spiro atoms. The predicted molar refractivity (Wildman–Crippen MR) is 131 cm³/mol. The molecule has 10 heteroatoms. The van der Waals surface area contributed by atoms with Crippen LogP contribution in [0.4, 0.5) is 10.5 Å². The van der Waals surface area contributed by atoms with E-state index in [0.29, 0.717) is 16.9 Å². The van der Waals surface area contributed by atoms with E-state index in [0.717, 1.165) is 27.4 Å². The Kier molecular flexibility index (Phi) is 6.83. The first-order valence-corrected chi connectivity index (χ1v) is 11.3. The zero-order chi connectivity index (χ0) is 25.1. The zero-order valence-corrected chi connectivity index (χ0v) is 19.6. The van der Waals surface area contributed by atoms with Crippen LogP contribution in [0.2, 0.25) is 0 Å². The fourth-order valence-electron chi connectivity index (χ4n) is 3.69. The number of nitro benzene ring substituents is 1. The van der Waals surface area contributed by atoms with E-state index in [1.165, 1.54) is 26.2 Å². The lowest BCUT2D eigenvalue weighted by Crippen LogP contribution is -2.42. The van der Waals surface area contributed by atoms with Crippen molar-refractivity contribution in [2.24, 2.45) is 0 Å². The summed E-state index contributed by atoms with van der Waals surface area (Å²) in [5.41, 5.74) is 1.13. The van der Waals surface area contributed by atoms with Crippen LogP contribution in [0, 0.1) is 10.1 Å². The predicted octanol–water partition coefficient (Wildman–Crippen LogP) is 4.92. The molecule has 0 unspecified atom stereocenters. The highest BCUT2D eigenvalue weighted by Gasteiger charge is 2.41. The summed E-state index contributed by atoms with van der Waals surface area (Å²) in [5, 5.41) is 12.2. The number of methoxy groups -OCH3 is 1. The van der Waals surface area contributed by atoms with Crippen LogP contribution in [0.3, 0.4) is 0 Å². The Hall–Kier alpha value is -4.18. The van der Waals surface area contributed by atoms with Gasteiger partial charge in [-0.15, -0.1) is 0 Å². The number of amides is 2. The molecule has 0 aliphatic carbocycles. The number of nitro groups is 1. The first-order chi connectivity index (χ1) is 16.8. The number of thioether (sulfide) groups is 1. The Morgan fingerprint density at radius 3 is 2.66 bits per heavy atom. The van der Waals surface area contributed by atoms with Crippen LogP contribution in [-0.4, -0.2) is 40.1 Å². The molecular weight excluding hydrogens is 472 g/mol. The molecule has 2 amide bonds. The highest BCUT2D eigenvalue weighted by molar-refractivity contribution is 8.18. The summed E-state index contributed by atoms with van der Waals surface area (Å²) in [4.78, 5) is 49.1. The molecule has 1 atom stereocenters. The summed E-state index contributed by atoms with van der Waals surface area (Å²) in [6.07, 6.45) is 1.57. The normalized spacial score (nSPS) is 15.5. The standard InChI is InChI=1S/C25H20N2O7S/c1-15(24(29)33-2)26-23(28)22(35-25(26)30)13-20-19-9-4-3-7-17(19)10-11-21(20)34-14-16-6-5-8-18(12-16)27(31)32/h3-13,15H,14H2,1-2H3/b22-13+/t15-/m1/s1. The lowest BCUT2D eigenvalue weighted by atomic mass is 10.0. The maximum absolute atomic E-state index is 13.0. The van der Waals surface area contributed by atoms with Crippen LogP contribution in [0.1, 0.15) is 18.1 Å². The largest absolute Gasteiger partial charge is 0.488 e. The van der Waals surface area contributed by atoms with Gasteiger partial charge in [-0.25, -0.2) is 4.79 Å². The third-order valence-electron chi connectivity index (χ3n) is 5.47. The van der Waals surface area contributed by atoms with E-state index < -0.39 is 28.1 Å². The van der Waals surface area contributed by atoms with Gasteiger partial charge in [0, 0.05) is 17.7 Å². The van der Waals surface area contributed by atoms with Crippen molar-refractivity contribution in [3.63, 3.8) is 0 Å². The highest BCUT2D eigenvalue weighted by Crippen LogP contribution is 2.38. The number of rotatable bonds is 7. The molecule has 178 valence electrons. The van der Waals surface area contributed by atoms with Crippen LogP contribution in [-0.2, 0) is 20.9 Å². The Labute approximate surface area is 204 Å². The van der Waals surface area contributed by atoms with Gasteiger partial charge in [-0.3, -0.25) is 24.6 Å². The SMILES string of the molecule is COC(=O)[C@@H](C)N1C(=O)S/C(=C/c2c(OCc3cccc([N+](=O)[O-])c3)ccc3ccccc23)C1=O. The van der Waals surface area contributed by atoms with E-state index in [4.69, 9.17) is 4.74 Å². The van der Waals surface area contributed by atoms with Gasteiger partial charge in [-0.2, -0.15) is 0 Å². The monoisotopic (exact) mass is 492 g/mol. The van der Waals surface area contributed by atoms with E-state index in [9.17, 15) is 24.5 Å². The Bertz CT molecular complexity index is 1390. The van der Waals surface area contributed by atoms with Gasteiger partial charge in [0.25, 0.3) is 16.8 Å². The van der Waals surface area contributed by atoms with Gasteiger partial charge in [-0.05, 0) is 47.2 Å². The maximum atomic E-state index is 13.0. The molecule has 0 aromatic heterocycles. The van der Waals surface area contributed by atoms with Crippen LogP contribution in [0.15, 0.2) is 65.6 Å². The van der Waals surface area contributed by atoms with Crippen molar-refractivity contribution >= 4 is 51.4 Å². The first-order valence-electron chi connectivity index (χ1n) is 10.5. The summed E-state index contributed by atoms with van der Waals surface area (Å²) >= 11 is 0.730. The van der Waals surface area contributed by atoms with Crippen molar-refractivity contribution < 1.29 is 28.8 Å². The number of nitrogens with zero attached hydrogens (tertiary/aromatic N) is 2. The molecule has 1 aliphatic heterocycles. The molecule has 1 heterocycles. The van der Waals surface area contributed by atoms with Crippen LogP contribution >= 0.6 is 11.8 Å². The summed E-state index contributed by atoms with van der Waals surface area (Å²) in [6.45, 7) is 1.48.